The Kier molecular flexibility index (Phi) is 1.52. The van der Waals surface area contributed by atoms with E-state index in [0.29, 0.717) is 23.4 Å². The van der Waals surface area contributed by atoms with Gasteiger partial charge in [0.25, 0.3) is 0 Å². The van der Waals surface area contributed by atoms with Crippen molar-refractivity contribution in [2.24, 2.45) is 29.1 Å². The van der Waals surface area contributed by atoms with Gasteiger partial charge in [-0.25, -0.2) is 0 Å². The molecular formula is C14H16O2. The number of carbonyl (C=O) groups is 2. The van der Waals surface area contributed by atoms with Gasteiger partial charge in [-0.3, -0.25) is 9.59 Å². The van der Waals surface area contributed by atoms with Gasteiger partial charge in [0.1, 0.15) is 0 Å². The third-order valence-corrected chi connectivity index (χ3v) is 5.47. The van der Waals surface area contributed by atoms with Gasteiger partial charge in [0, 0.05) is 11.8 Å². The second-order valence-electron chi connectivity index (χ2n) is 6.02. The smallest absolute Gasteiger partial charge is 0.150 e. The van der Waals surface area contributed by atoms with E-state index in [1.807, 2.05) is 0 Å². The fourth-order valence-electron chi connectivity index (χ4n) is 4.77. The largest absolute Gasteiger partial charge is 0.298 e. The van der Waals surface area contributed by atoms with Crippen LogP contribution in [0.1, 0.15) is 32.1 Å². The topological polar surface area (TPSA) is 34.1 Å². The van der Waals surface area contributed by atoms with Crippen LogP contribution in [-0.2, 0) is 9.59 Å². The van der Waals surface area contributed by atoms with Gasteiger partial charge in [-0.05, 0) is 31.1 Å². The minimum atomic E-state index is -0.516. The van der Waals surface area contributed by atoms with Crippen LogP contribution in [0.5, 0.6) is 0 Å². The standard InChI is InChI=1S/C14H16O2/c15-12-10-8-3-4-9(7-8)11(10)13(16)14(12)5-1-2-6-14/h3-4,8-11H,1-2,5-7H2/t8-,9+,10-,11+. The van der Waals surface area contributed by atoms with Crippen LogP contribution in [0.4, 0.5) is 0 Å². The summed E-state index contributed by atoms with van der Waals surface area (Å²) in [5, 5.41) is 0. The Morgan fingerprint density at radius 2 is 1.44 bits per heavy atom. The van der Waals surface area contributed by atoms with Crippen LogP contribution >= 0.6 is 0 Å². The summed E-state index contributed by atoms with van der Waals surface area (Å²) in [6.07, 6.45) is 9.26. The maximum atomic E-state index is 12.6. The molecule has 2 heteroatoms. The molecule has 0 aromatic rings. The SMILES string of the molecule is O=C1[C@@H]2[C@H](C(=O)C13CCCC3)[C@@H]1C=C[C@H]2C1. The first-order valence-electron chi connectivity index (χ1n) is 6.51. The molecule has 16 heavy (non-hydrogen) atoms. The molecule has 1 spiro atoms. The van der Waals surface area contributed by atoms with Crippen LogP contribution in [0.15, 0.2) is 12.2 Å². The molecule has 0 aromatic heterocycles. The van der Waals surface area contributed by atoms with Crippen molar-refractivity contribution in [1.82, 2.24) is 0 Å². The molecule has 4 atom stereocenters. The molecule has 2 nitrogen and oxygen atoms in total. The molecule has 4 rings (SSSR count). The van der Waals surface area contributed by atoms with Gasteiger partial charge in [0.05, 0.1) is 5.41 Å². The molecule has 0 unspecified atom stereocenters. The van der Waals surface area contributed by atoms with Gasteiger partial charge in [-0.15, -0.1) is 0 Å². The molecule has 3 saturated carbocycles. The molecular weight excluding hydrogens is 200 g/mol. The first kappa shape index (κ1) is 9.15. The lowest BCUT2D eigenvalue weighted by atomic mass is 9.79. The number of allylic oxidation sites excluding steroid dienone is 2. The van der Waals surface area contributed by atoms with E-state index in [1.165, 1.54) is 0 Å². The maximum absolute atomic E-state index is 12.6. The zero-order valence-electron chi connectivity index (χ0n) is 9.32. The van der Waals surface area contributed by atoms with E-state index in [9.17, 15) is 9.59 Å². The normalized spacial score (nSPS) is 47.2. The molecule has 3 fully saturated rings. The predicted molar refractivity (Wildman–Crippen MR) is 58.6 cm³/mol. The van der Waals surface area contributed by atoms with Crippen molar-refractivity contribution >= 4 is 11.6 Å². The highest BCUT2D eigenvalue weighted by Gasteiger charge is 2.66. The van der Waals surface area contributed by atoms with Gasteiger partial charge in [-0.1, -0.05) is 25.0 Å². The summed E-state index contributed by atoms with van der Waals surface area (Å²) in [5.41, 5.74) is -0.516. The molecule has 0 saturated heterocycles. The van der Waals surface area contributed by atoms with Crippen LogP contribution in [-0.4, -0.2) is 11.6 Å². The lowest BCUT2D eigenvalue weighted by molar-refractivity contribution is -0.136. The van der Waals surface area contributed by atoms with Gasteiger partial charge in [-0.2, -0.15) is 0 Å². The van der Waals surface area contributed by atoms with E-state index in [2.05, 4.69) is 12.2 Å². The zero-order valence-corrected chi connectivity index (χ0v) is 9.32. The number of hydrogen-bond acceptors (Lipinski definition) is 2. The molecule has 4 aliphatic rings. The van der Waals surface area contributed by atoms with E-state index in [1.54, 1.807) is 0 Å². The predicted octanol–water partition coefficient (Wildman–Crippen LogP) is 2.14. The third kappa shape index (κ3) is 0.792. The lowest BCUT2D eigenvalue weighted by Crippen LogP contribution is -2.33. The Morgan fingerprint density at radius 3 is 1.94 bits per heavy atom. The van der Waals surface area contributed by atoms with Crippen LogP contribution < -0.4 is 0 Å². The monoisotopic (exact) mass is 216 g/mol. The number of Topliss-reactive ketones (excluding diaryl/α,β-unsaturated/α-hetero) is 2. The number of carbonyl (C=O) groups excluding carboxylic acids is 2. The quantitative estimate of drug-likeness (QED) is 0.459. The van der Waals surface area contributed by atoms with E-state index in [0.717, 1.165) is 32.1 Å². The van der Waals surface area contributed by atoms with Crippen LogP contribution in [0.2, 0.25) is 0 Å². The molecule has 0 N–H and O–H groups in total. The highest BCUT2D eigenvalue weighted by molar-refractivity contribution is 6.16. The first-order chi connectivity index (χ1) is 7.74. The van der Waals surface area contributed by atoms with E-state index < -0.39 is 5.41 Å². The minimum Gasteiger partial charge on any atom is -0.298 e. The summed E-state index contributed by atoms with van der Waals surface area (Å²) >= 11 is 0. The maximum Gasteiger partial charge on any atom is 0.150 e. The molecule has 0 aromatic carbocycles. The Hall–Kier alpha value is -0.920. The zero-order chi connectivity index (χ0) is 10.9. The van der Waals surface area contributed by atoms with Crippen molar-refractivity contribution < 1.29 is 9.59 Å². The van der Waals surface area contributed by atoms with Crippen LogP contribution in [0, 0.1) is 29.1 Å². The van der Waals surface area contributed by atoms with E-state index >= 15 is 0 Å². The van der Waals surface area contributed by atoms with Crippen LogP contribution in [0.3, 0.4) is 0 Å². The van der Waals surface area contributed by atoms with Crippen molar-refractivity contribution in [3.05, 3.63) is 12.2 Å². The van der Waals surface area contributed by atoms with E-state index in [-0.39, 0.29) is 11.8 Å². The van der Waals surface area contributed by atoms with E-state index in [4.69, 9.17) is 0 Å². The molecule has 0 aliphatic heterocycles. The van der Waals surface area contributed by atoms with Gasteiger partial charge in [0.15, 0.2) is 11.6 Å². The van der Waals surface area contributed by atoms with Crippen molar-refractivity contribution in [1.29, 1.82) is 0 Å². The van der Waals surface area contributed by atoms with Crippen LogP contribution in [0.25, 0.3) is 0 Å². The average Bonchev–Trinajstić information content (AvgIpc) is 3.02. The fourth-order valence-corrected chi connectivity index (χ4v) is 4.77. The summed E-state index contributed by atoms with van der Waals surface area (Å²) in [6, 6.07) is 0. The molecule has 0 amide bonds. The van der Waals surface area contributed by atoms with Gasteiger partial charge in [0.2, 0.25) is 0 Å². The number of hydrogen-bond donors (Lipinski definition) is 0. The molecule has 84 valence electrons. The van der Waals surface area contributed by atoms with Crippen molar-refractivity contribution in [3.63, 3.8) is 0 Å². The van der Waals surface area contributed by atoms with Gasteiger partial charge >= 0.3 is 0 Å². The Labute approximate surface area is 95.1 Å². The van der Waals surface area contributed by atoms with Crippen molar-refractivity contribution in [2.75, 3.05) is 0 Å². The van der Waals surface area contributed by atoms with Crippen molar-refractivity contribution in [2.45, 2.75) is 32.1 Å². The second-order valence-corrected chi connectivity index (χ2v) is 6.02. The summed E-state index contributed by atoms with van der Waals surface area (Å²) in [7, 11) is 0. The Bertz CT molecular complexity index is 382. The highest BCUT2D eigenvalue weighted by atomic mass is 16.2. The third-order valence-electron chi connectivity index (χ3n) is 5.47. The molecule has 4 aliphatic carbocycles. The van der Waals surface area contributed by atoms with Crippen molar-refractivity contribution in [3.8, 4) is 0 Å². The summed E-state index contributed by atoms with van der Waals surface area (Å²) in [5.74, 6) is 1.56. The summed E-state index contributed by atoms with van der Waals surface area (Å²) < 4.78 is 0. The second kappa shape index (κ2) is 2.66. The minimum absolute atomic E-state index is 0.0700. The first-order valence-corrected chi connectivity index (χ1v) is 6.51. The summed E-state index contributed by atoms with van der Waals surface area (Å²) in [6.45, 7) is 0. The highest BCUT2D eigenvalue weighted by Crippen LogP contribution is 2.60. The number of fused-ring (bicyclic) bond motifs is 5. The molecule has 2 bridgehead atoms. The number of rotatable bonds is 0. The fraction of sp³-hybridized carbons (Fsp3) is 0.714. The number of ketones is 2. The average molecular weight is 216 g/mol. The lowest BCUT2D eigenvalue weighted by Gasteiger charge is -2.21. The Morgan fingerprint density at radius 1 is 0.938 bits per heavy atom. The summed E-state index contributed by atoms with van der Waals surface area (Å²) in [4.78, 5) is 25.1. The van der Waals surface area contributed by atoms with Gasteiger partial charge < -0.3 is 0 Å². The molecule has 0 radical (unpaired) electrons. The molecule has 0 heterocycles. The Balaban J connectivity index is 1.82.